The number of ether oxygens (including phenoxy) is 1. The van der Waals surface area contributed by atoms with Crippen LogP contribution in [0, 0.1) is 5.92 Å². The molecule has 1 atom stereocenters. The Morgan fingerprint density at radius 2 is 2.21 bits per heavy atom. The molecule has 19 heavy (non-hydrogen) atoms. The summed E-state index contributed by atoms with van der Waals surface area (Å²) in [6.45, 7) is 5.36. The summed E-state index contributed by atoms with van der Waals surface area (Å²) in [5.41, 5.74) is 1.34. The first-order valence-electron chi connectivity index (χ1n) is 6.89. The molecule has 0 spiro atoms. The van der Waals surface area contributed by atoms with Crippen LogP contribution in [0.25, 0.3) is 0 Å². The average molecular weight is 259 g/mol. The van der Waals surface area contributed by atoms with E-state index in [0.29, 0.717) is 12.5 Å². The maximum absolute atomic E-state index is 11.2. The summed E-state index contributed by atoms with van der Waals surface area (Å²) in [5, 5.41) is 0. The lowest BCUT2D eigenvalue weighted by molar-refractivity contribution is -0.137. The molecule has 1 aromatic rings. The van der Waals surface area contributed by atoms with E-state index in [-0.39, 0.29) is 5.97 Å². The number of carbonyl (C=O) groups excluding carboxylic acids is 1. The Morgan fingerprint density at radius 1 is 1.42 bits per heavy atom. The fraction of sp³-hybridized carbons (Fsp3) is 0.438. The van der Waals surface area contributed by atoms with E-state index in [2.05, 4.69) is 29.2 Å². The van der Waals surface area contributed by atoms with Crippen LogP contribution in [0.2, 0.25) is 0 Å². The van der Waals surface area contributed by atoms with Crippen molar-refractivity contribution in [3.63, 3.8) is 0 Å². The highest BCUT2D eigenvalue weighted by molar-refractivity contribution is 5.81. The first-order valence-corrected chi connectivity index (χ1v) is 6.89. The van der Waals surface area contributed by atoms with Crippen molar-refractivity contribution in [2.75, 3.05) is 19.7 Å². The first kappa shape index (κ1) is 13.8. The quantitative estimate of drug-likeness (QED) is 0.601. The second kappa shape index (κ2) is 7.10. The molecule has 1 saturated heterocycles. The van der Waals surface area contributed by atoms with Gasteiger partial charge in [0.2, 0.25) is 0 Å². The van der Waals surface area contributed by atoms with Crippen LogP contribution < -0.4 is 0 Å². The first-order chi connectivity index (χ1) is 9.28. The van der Waals surface area contributed by atoms with Crippen LogP contribution in [0.3, 0.4) is 0 Å². The highest BCUT2D eigenvalue weighted by atomic mass is 16.5. The second-order valence-electron chi connectivity index (χ2n) is 4.88. The van der Waals surface area contributed by atoms with Crippen molar-refractivity contribution in [1.29, 1.82) is 0 Å². The SMILES string of the molecule is CCOC(=O)/C=C/C1CCN(Cc2ccccc2)C1. The molecule has 0 amide bonds. The van der Waals surface area contributed by atoms with Gasteiger partial charge >= 0.3 is 5.97 Å². The van der Waals surface area contributed by atoms with Gasteiger partial charge < -0.3 is 4.74 Å². The molecule has 1 fully saturated rings. The van der Waals surface area contributed by atoms with Crippen LogP contribution >= 0.6 is 0 Å². The van der Waals surface area contributed by atoms with E-state index < -0.39 is 0 Å². The molecule has 0 radical (unpaired) electrons. The maximum atomic E-state index is 11.2. The van der Waals surface area contributed by atoms with Gasteiger partial charge in [-0.15, -0.1) is 0 Å². The Balaban J connectivity index is 1.78. The minimum Gasteiger partial charge on any atom is -0.463 e. The zero-order chi connectivity index (χ0) is 13.5. The molecule has 3 nitrogen and oxygen atoms in total. The van der Waals surface area contributed by atoms with Gasteiger partial charge in [0.15, 0.2) is 0 Å². The van der Waals surface area contributed by atoms with Crippen LogP contribution in [0.5, 0.6) is 0 Å². The van der Waals surface area contributed by atoms with Gasteiger partial charge in [-0.3, -0.25) is 4.90 Å². The Labute approximate surface area is 114 Å². The average Bonchev–Trinajstić information content (AvgIpc) is 2.86. The van der Waals surface area contributed by atoms with Gasteiger partial charge in [0.25, 0.3) is 0 Å². The molecule has 1 aliphatic rings. The van der Waals surface area contributed by atoms with Crippen LogP contribution in [0.4, 0.5) is 0 Å². The van der Waals surface area contributed by atoms with Gasteiger partial charge in [-0.1, -0.05) is 36.4 Å². The van der Waals surface area contributed by atoms with E-state index in [1.165, 1.54) is 5.56 Å². The normalized spacial score (nSPS) is 19.9. The van der Waals surface area contributed by atoms with Gasteiger partial charge in [0, 0.05) is 19.2 Å². The summed E-state index contributed by atoms with van der Waals surface area (Å²) in [6, 6.07) is 10.5. The van der Waals surface area contributed by atoms with E-state index >= 15 is 0 Å². The number of likely N-dealkylation sites (tertiary alicyclic amines) is 1. The minimum atomic E-state index is -0.232. The summed E-state index contributed by atoms with van der Waals surface area (Å²) >= 11 is 0. The van der Waals surface area contributed by atoms with Gasteiger partial charge in [-0.25, -0.2) is 4.79 Å². The number of carbonyl (C=O) groups is 1. The van der Waals surface area contributed by atoms with Crippen molar-refractivity contribution in [2.45, 2.75) is 19.9 Å². The predicted molar refractivity (Wildman–Crippen MR) is 75.6 cm³/mol. The number of nitrogens with zero attached hydrogens (tertiary/aromatic N) is 1. The number of benzene rings is 1. The maximum Gasteiger partial charge on any atom is 0.330 e. The van der Waals surface area contributed by atoms with Gasteiger partial charge in [0.1, 0.15) is 0 Å². The molecule has 0 N–H and O–H groups in total. The van der Waals surface area contributed by atoms with E-state index in [1.54, 1.807) is 6.08 Å². The molecular formula is C16H21NO2. The van der Waals surface area contributed by atoms with Gasteiger partial charge in [0.05, 0.1) is 6.61 Å². The largest absolute Gasteiger partial charge is 0.463 e. The number of hydrogen-bond donors (Lipinski definition) is 0. The monoisotopic (exact) mass is 259 g/mol. The smallest absolute Gasteiger partial charge is 0.330 e. The zero-order valence-corrected chi connectivity index (χ0v) is 11.4. The lowest BCUT2D eigenvalue weighted by Crippen LogP contribution is -2.19. The molecular weight excluding hydrogens is 238 g/mol. The lowest BCUT2D eigenvalue weighted by atomic mass is 10.1. The summed E-state index contributed by atoms with van der Waals surface area (Å²) in [6.07, 6.45) is 4.67. The molecule has 3 heteroatoms. The standard InChI is InChI=1S/C16H21NO2/c1-2-19-16(18)9-8-15-10-11-17(13-15)12-14-6-4-3-5-7-14/h3-9,15H,2,10-13H2,1H3/b9-8+. The molecule has 2 rings (SSSR count). The van der Waals surface area contributed by atoms with Crippen LogP contribution in [0.1, 0.15) is 18.9 Å². The second-order valence-corrected chi connectivity index (χ2v) is 4.88. The van der Waals surface area contributed by atoms with Crippen molar-refractivity contribution < 1.29 is 9.53 Å². The Morgan fingerprint density at radius 3 is 2.95 bits per heavy atom. The lowest BCUT2D eigenvalue weighted by Gasteiger charge is -2.15. The fourth-order valence-corrected chi connectivity index (χ4v) is 2.41. The summed E-state index contributed by atoms with van der Waals surface area (Å²) in [4.78, 5) is 13.7. The fourth-order valence-electron chi connectivity index (χ4n) is 2.41. The molecule has 0 aliphatic carbocycles. The van der Waals surface area contributed by atoms with Gasteiger partial charge in [-0.2, -0.15) is 0 Å². The number of hydrogen-bond acceptors (Lipinski definition) is 3. The Hall–Kier alpha value is -1.61. The highest BCUT2D eigenvalue weighted by Crippen LogP contribution is 2.19. The minimum absolute atomic E-state index is 0.232. The van der Waals surface area contributed by atoms with Crippen LogP contribution in [0.15, 0.2) is 42.5 Å². The van der Waals surface area contributed by atoms with Crippen molar-refractivity contribution in [1.82, 2.24) is 4.90 Å². The number of esters is 1. The van der Waals surface area contributed by atoms with Crippen LogP contribution in [-0.2, 0) is 16.1 Å². The van der Waals surface area contributed by atoms with Crippen LogP contribution in [-0.4, -0.2) is 30.6 Å². The zero-order valence-electron chi connectivity index (χ0n) is 11.4. The van der Waals surface area contributed by atoms with E-state index in [4.69, 9.17) is 4.74 Å². The molecule has 1 aliphatic heterocycles. The van der Waals surface area contributed by atoms with Crippen molar-refractivity contribution in [2.24, 2.45) is 5.92 Å². The van der Waals surface area contributed by atoms with E-state index in [1.807, 2.05) is 19.1 Å². The molecule has 0 aromatic heterocycles. The molecule has 1 heterocycles. The van der Waals surface area contributed by atoms with Crippen molar-refractivity contribution in [3.8, 4) is 0 Å². The molecule has 1 unspecified atom stereocenters. The predicted octanol–water partition coefficient (Wildman–Crippen LogP) is 2.63. The van der Waals surface area contributed by atoms with E-state index in [0.717, 1.165) is 26.1 Å². The highest BCUT2D eigenvalue weighted by Gasteiger charge is 2.20. The summed E-state index contributed by atoms with van der Waals surface area (Å²) in [7, 11) is 0. The molecule has 102 valence electrons. The topological polar surface area (TPSA) is 29.5 Å². The van der Waals surface area contributed by atoms with Crippen molar-refractivity contribution >= 4 is 5.97 Å². The van der Waals surface area contributed by atoms with Crippen molar-refractivity contribution in [3.05, 3.63) is 48.0 Å². The van der Waals surface area contributed by atoms with Gasteiger partial charge in [-0.05, 0) is 31.4 Å². The Bertz CT molecular complexity index is 428. The third-order valence-electron chi connectivity index (χ3n) is 3.35. The molecule has 0 saturated carbocycles. The third kappa shape index (κ3) is 4.52. The molecule has 1 aromatic carbocycles. The summed E-state index contributed by atoms with van der Waals surface area (Å²) < 4.78 is 4.88. The number of rotatable bonds is 5. The Kier molecular flexibility index (Phi) is 5.16. The third-order valence-corrected chi connectivity index (χ3v) is 3.35. The van der Waals surface area contributed by atoms with E-state index in [9.17, 15) is 4.79 Å². The summed E-state index contributed by atoms with van der Waals surface area (Å²) in [5.74, 6) is 0.233. The molecule has 0 bridgehead atoms.